The molecule has 1 aromatic rings. The van der Waals surface area contributed by atoms with Crippen LogP contribution in [0.2, 0.25) is 0 Å². The first-order chi connectivity index (χ1) is 13.2. The highest BCUT2D eigenvalue weighted by Crippen LogP contribution is 2.32. The molecule has 1 aliphatic carbocycles. The topological polar surface area (TPSA) is 72.9 Å². The van der Waals surface area contributed by atoms with Gasteiger partial charge in [-0.05, 0) is 43.9 Å². The number of nitrogens with one attached hydrogen (secondary N) is 1. The SMILES string of the molecule is O=C(O)C1CCC(NC(=O)N2CCN(c3cccc(C(F)(F)F)c3)CC2)CC1. The quantitative estimate of drug-likeness (QED) is 0.819. The number of alkyl halides is 3. The van der Waals surface area contributed by atoms with Crippen LogP contribution in [-0.2, 0) is 11.0 Å². The molecule has 0 spiro atoms. The summed E-state index contributed by atoms with van der Waals surface area (Å²) >= 11 is 0. The second-order valence-electron chi connectivity index (χ2n) is 7.36. The van der Waals surface area contributed by atoms with Gasteiger partial charge in [-0.25, -0.2) is 4.79 Å². The van der Waals surface area contributed by atoms with Gasteiger partial charge in [0.05, 0.1) is 11.5 Å². The van der Waals surface area contributed by atoms with Crippen LogP contribution in [0.3, 0.4) is 0 Å². The molecule has 0 bridgehead atoms. The van der Waals surface area contributed by atoms with Crippen molar-refractivity contribution in [2.24, 2.45) is 5.92 Å². The lowest BCUT2D eigenvalue weighted by Crippen LogP contribution is -2.54. The number of anilines is 1. The minimum Gasteiger partial charge on any atom is -0.481 e. The fourth-order valence-corrected chi connectivity index (χ4v) is 3.80. The summed E-state index contributed by atoms with van der Waals surface area (Å²) in [5.41, 5.74) is -0.177. The predicted octanol–water partition coefficient (Wildman–Crippen LogP) is 3.18. The van der Waals surface area contributed by atoms with Gasteiger partial charge in [0.25, 0.3) is 0 Å². The summed E-state index contributed by atoms with van der Waals surface area (Å²) in [6, 6.07) is 5.01. The standard InChI is InChI=1S/C19H24F3N3O3/c20-19(21,22)14-2-1-3-16(12-14)24-8-10-25(11-9-24)18(28)23-15-6-4-13(5-7-15)17(26)27/h1-3,12-13,15H,4-11H2,(H,23,28)(H,26,27). The number of piperazine rings is 1. The van der Waals surface area contributed by atoms with E-state index in [-0.39, 0.29) is 18.0 Å². The number of benzene rings is 1. The zero-order chi connectivity index (χ0) is 20.3. The number of nitrogens with zero attached hydrogens (tertiary/aromatic N) is 2. The molecular formula is C19H24F3N3O3. The maximum atomic E-state index is 12.9. The van der Waals surface area contributed by atoms with E-state index < -0.39 is 17.7 Å². The van der Waals surface area contributed by atoms with Gasteiger partial charge in [0.2, 0.25) is 0 Å². The smallest absolute Gasteiger partial charge is 0.416 e. The zero-order valence-corrected chi connectivity index (χ0v) is 15.4. The summed E-state index contributed by atoms with van der Waals surface area (Å²) in [6.45, 7) is 1.76. The van der Waals surface area contributed by atoms with Gasteiger partial charge in [-0.15, -0.1) is 0 Å². The molecule has 0 unspecified atom stereocenters. The molecular weight excluding hydrogens is 375 g/mol. The monoisotopic (exact) mass is 399 g/mol. The normalized spacial score (nSPS) is 23.4. The molecule has 2 amide bonds. The fraction of sp³-hybridized carbons (Fsp3) is 0.579. The number of carboxylic acids is 1. The Hall–Kier alpha value is -2.45. The lowest BCUT2D eigenvalue weighted by atomic mass is 9.86. The summed E-state index contributed by atoms with van der Waals surface area (Å²) in [7, 11) is 0. The maximum Gasteiger partial charge on any atom is 0.416 e. The van der Waals surface area contributed by atoms with Crippen LogP contribution >= 0.6 is 0 Å². The van der Waals surface area contributed by atoms with Gasteiger partial charge in [0.1, 0.15) is 0 Å². The van der Waals surface area contributed by atoms with Crippen LogP contribution in [0.25, 0.3) is 0 Å². The van der Waals surface area contributed by atoms with Crippen LogP contribution in [0.15, 0.2) is 24.3 Å². The third-order valence-corrected chi connectivity index (χ3v) is 5.51. The Morgan fingerprint density at radius 3 is 2.25 bits per heavy atom. The minimum absolute atomic E-state index is 0.0235. The van der Waals surface area contributed by atoms with Crippen molar-refractivity contribution in [3.8, 4) is 0 Å². The second-order valence-corrected chi connectivity index (χ2v) is 7.36. The number of carboxylic acid groups (broad SMARTS) is 1. The molecule has 2 aliphatic rings. The molecule has 154 valence electrons. The van der Waals surface area contributed by atoms with E-state index in [9.17, 15) is 22.8 Å². The molecule has 0 radical (unpaired) electrons. The first-order valence-corrected chi connectivity index (χ1v) is 9.44. The van der Waals surface area contributed by atoms with Crippen LogP contribution in [0.1, 0.15) is 31.2 Å². The number of carbonyl (C=O) groups excluding carboxylic acids is 1. The molecule has 0 aromatic heterocycles. The molecule has 1 saturated heterocycles. The van der Waals surface area contributed by atoms with Crippen LogP contribution in [0.5, 0.6) is 0 Å². The van der Waals surface area contributed by atoms with Crippen molar-refractivity contribution in [2.45, 2.75) is 37.9 Å². The van der Waals surface area contributed by atoms with Gasteiger partial charge in [-0.3, -0.25) is 4.79 Å². The predicted molar refractivity (Wildman–Crippen MR) is 97.1 cm³/mol. The van der Waals surface area contributed by atoms with E-state index in [1.807, 2.05) is 4.90 Å². The molecule has 1 saturated carbocycles. The number of urea groups is 1. The van der Waals surface area contributed by atoms with E-state index in [4.69, 9.17) is 5.11 Å². The van der Waals surface area contributed by atoms with E-state index in [2.05, 4.69) is 5.32 Å². The molecule has 1 aliphatic heterocycles. The largest absolute Gasteiger partial charge is 0.481 e. The molecule has 2 N–H and O–H groups in total. The Labute approximate surface area is 161 Å². The Morgan fingerprint density at radius 2 is 1.68 bits per heavy atom. The average molecular weight is 399 g/mol. The lowest BCUT2D eigenvalue weighted by molar-refractivity contribution is -0.143. The Bertz CT molecular complexity index is 710. The van der Waals surface area contributed by atoms with Crippen LogP contribution in [-0.4, -0.2) is 54.2 Å². The third-order valence-electron chi connectivity index (χ3n) is 5.51. The van der Waals surface area contributed by atoms with Gasteiger partial charge in [-0.2, -0.15) is 13.2 Å². The summed E-state index contributed by atoms with van der Waals surface area (Å²) in [5.74, 6) is -1.11. The number of amides is 2. The van der Waals surface area contributed by atoms with Crippen molar-refractivity contribution >= 4 is 17.7 Å². The molecule has 6 nitrogen and oxygen atoms in total. The van der Waals surface area contributed by atoms with Gasteiger partial charge < -0.3 is 20.2 Å². The summed E-state index contributed by atoms with van der Waals surface area (Å²) in [5, 5.41) is 12.0. The summed E-state index contributed by atoms with van der Waals surface area (Å²) in [6.07, 6.45) is -1.97. The maximum absolute atomic E-state index is 12.9. The summed E-state index contributed by atoms with van der Waals surface area (Å²) < 4.78 is 38.6. The highest BCUT2D eigenvalue weighted by atomic mass is 19.4. The fourth-order valence-electron chi connectivity index (χ4n) is 3.80. The number of hydrogen-bond acceptors (Lipinski definition) is 3. The van der Waals surface area contributed by atoms with Crippen LogP contribution in [0, 0.1) is 5.92 Å². The van der Waals surface area contributed by atoms with Gasteiger partial charge >= 0.3 is 18.2 Å². The van der Waals surface area contributed by atoms with E-state index >= 15 is 0 Å². The molecule has 3 rings (SSSR count). The number of carbonyl (C=O) groups is 2. The van der Waals surface area contributed by atoms with Crippen molar-refractivity contribution in [3.63, 3.8) is 0 Å². The first kappa shape index (κ1) is 20.3. The number of halogens is 3. The molecule has 28 heavy (non-hydrogen) atoms. The minimum atomic E-state index is -4.38. The van der Waals surface area contributed by atoms with Crippen molar-refractivity contribution in [3.05, 3.63) is 29.8 Å². The van der Waals surface area contributed by atoms with E-state index in [1.165, 1.54) is 6.07 Å². The van der Waals surface area contributed by atoms with E-state index in [1.54, 1.807) is 11.0 Å². The van der Waals surface area contributed by atoms with Gasteiger partial charge in [-0.1, -0.05) is 6.07 Å². The van der Waals surface area contributed by atoms with Crippen molar-refractivity contribution < 1.29 is 27.9 Å². The molecule has 0 atom stereocenters. The Morgan fingerprint density at radius 1 is 1.04 bits per heavy atom. The van der Waals surface area contributed by atoms with Crippen molar-refractivity contribution in [2.75, 3.05) is 31.1 Å². The molecule has 9 heteroatoms. The number of rotatable bonds is 3. The highest BCUT2D eigenvalue weighted by Gasteiger charge is 2.32. The number of hydrogen-bond donors (Lipinski definition) is 2. The average Bonchev–Trinajstić information content (AvgIpc) is 2.68. The molecule has 1 heterocycles. The van der Waals surface area contributed by atoms with E-state index in [0.717, 1.165) is 12.1 Å². The highest BCUT2D eigenvalue weighted by molar-refractivity contribution is 5.75. The first-order valence-electron chi connectivity index (χ1n) is 9.44. The molecule has 2 fully saturated rings. The summed E-state index contributed by atoms with van der Waals surface area (Å²) in [4.78, 5) is 26.9. The Kier molecular flexibility index (Phi) is 6.00. The van der Waals surface area contributed by atoms with Crippen LogP contribution in [0.4, 0.5) is 23.7 Å². The molecule has 1 aromatic carbocycles. The van der Waals surface area contributed by atoms with Crippen molar-refractivity contribution in [1.29, 1.82) is 0 Å². The Balaban J connectivity index is 1.49. The zero-order valence-electron chi connectivity index (χ0n) is 15.4. The third kappa shape index (κ3) is 4.88. The van der Waals surface area contributed by atoms with Crippen LogP contribution < -0.4 is 10.2 Å². The van der Waals surface area contributed by atoms with E-state index in [0.29, 0.717) is 57.5 Å². The van der Waals surface area contributed by atoms with Gasteiger partial charge in [0, 0.05) is 37.9 Å². The second kappa shape index (κ2) is 8.28. The lowest BCUT2D eigenvalue weighted by Gasteiger charge is -2.37. The van der Waals surface area contributed by atoms with Crippen molar-refractivity contribution in [1.82, 2.24) is 10.2 Å². The number of aliphatic carboxylic acids is 1. The van der Waals surface area contributed by atoms with Gasteiger partial charge in [0.15, 0.2) is 0 Å².